The Bertz CT molecular complexity index is 890. The van der Waals surface area contributed by atoms with Gasteiger partial charge in [-0.3, -0.25) is 4.79 Å². The molecule has 3 aromatic rings. The van der Waals surface area contributed by atoms with E-state index < -0.39 is 0 Å². The van der Waals surface area contributed by atoms with Crippen molar-refractivity contribution in [2.24, 2.45) is 0 Å². The second-order valence-electron chi connectivity index (χ2n) is 5.96. The van der Waals surface area contributed by atoms with Crippen molar-refractivity contribution in [1.29, 1.82) is 0 Å². The van der Waals surface area contributed by atoms with Crippen LogP contribution >= 0.6 is 0 Å². The van der Waals surface area contributed by atoms with E-state index in [0.29, 0.717) is 36.2 Å². The van der Waals surface area contributed by atoms with E-state index in [1.165, 1.54) is 0 Å². The fourth-order valence-corrected chi connectivity index (χ4v) is 2.39. The Labute approximate surface area is 157 Å². The number of nitrogens with one attached hydrogen (secondary N) is 1. The lowest BCUT2D eigenvalue weighted by Crippen LogP contribution is -2.28. The minimum absolute atomic E-state index is 0.164. The number of hydrogen-bond donors (Lipinski definition) is 1. The third-order valence-corrected chi connectivity index (χ3v) is 3.70. The maximum atomic E-state index is 12.2. The van der Waals surface area contributed by atoms with Crippen LogP contribution in [0.1, 0.15) is 27.6 Å². The van der Waals surface area contributed by atoms with Crippen LogP contribution in [0.5, 0.6) is 11.5 Å². The maximum Gasteiger partial charge on any atom is 0.251 e. The molecule has 0 aliphatic carbocycles. The Hall–Kier alpha value is -3.35. The number of carbonyl (C=O) groups is 1. The van der Waals surface area contributed by atoms with E-state index in [9.17, 15) is 4.79 Å². The summed E-state index contributed by atoms with van der Waals surface area (Å²) in [6, 6.07) is 14.6. The highest BCUT2D eigenvalue weighted by molar-refractivity contribution is 5.94. The standard InChI is InChI=1S/C20H21N3O4/c1-14-4-3-5-18(12-14)25-11-10-21-20(24)16-6-8-17(9-7-16)26-13-19-22-15(2)27-23-19/h3-9,12H,10-11,13H2,1-2H3,(H,21,24). The lowest BCUT2D eigenvalue weighted by atomic mass is 10.2. The minimum atomic E-state index is -0.164. The van der Waals surface area contributed by atoms with Crippen LogP contribution in [0.4, 0.5) is 0 Å². The van der Waals surface area contributed by atoms with E-state index in [0.717, 1.165) is 11.3 Å². The summed E-state index contributed by atoms with van der Waals surface area (Å²) in [5.41, 5.74) is 1.68. The number of hydrogen-bond acceptors (Lipinski definition) is 6. The van der Waals surface area contributed by atoms with E-state index >= 15 is 0 Å². The van der Waals surface area contributed by atoms with E-state index in [4.69, 9.17) is 14.0 Å². The number of carbonyl (C=O) groups excluding carboxylic acids is 1. The lowest BCUT2D eigenvalue weighted by molar-refractivity contribution is 0.0947. The zero-order chi connectivity index (χ0) is 19.1. The molecular weight excluding hydrogens is 346 g/mol. The van der Waals surface area contributed by atoms with Crippen LogP contribution in [-0.2, 0) is 6.61 Å². The quantitative estimate of drug-likeness (QED) is 0.616. The highest BCUT2D eigenvalue weighted by atomic mass is 16.5. The molecule has 7 nitrogen and oxygen atoms in total. The highest BCUT2D eigenvalue weighted by Gasteiger charge is 2.07. The van der Waals surface area contributed by atoms with Crippen molar-refractivity contribution in [1.82, 2.24) is 15.5 Å². The van der Waals surface area contributed by atoms with Gasteiger partial charge in [0.15, 0.2) is 6.61 Å². The number of aromatic nitrogens is 2. The minimum Gasteiger partial charge on any atom is -0.492 e. The van der Waals surface area contributed by atoms with Crippen LogP contribution in [-0.4, -0.2) is 29.2 Å². The van der Waals surface area contributed by atoms with Gasteiger partial charge in [0.1, 0.15) is 18.1 Å². The number of benzene rings is 2. The zero-order valence-corrected chi connectivity index (χ0v) is 15.3. The van der Waals surface area contributed by atoms with Crippen molar-refractivity contribution < 1.29 is 18.8 Å². The summed E-state index contributed by atoms with van der Waals surface area (Å²) in [4.78, 5) is 16.2. The Morgan fingerprint density at radius 1 is 1.07 bits per heavy atom. The van der Waals surface area contributed by atoms with Crippen LogP contribution in [0, 0.1) is 13.8 Å². The molecule has 3 rings (SSSR count). The summed E-state index contributed by atoms with van der Waals surface area (Å²) < 4.78 is 16.1. The van der Waals surface area contributed by atoms with Crippen molar-refractivity contribution in [3.63, 3.8) is 0 Å². The summed E-state index contributed by atoms with van der Waals surface area (Å²) >= 11 is 0. The smallest absolute Gasteiger partial charge is 0.251 e. The van der Waals surface area contributed by atoms with Crippen molar-refractivity contribution >= 4 is 5.91 Å². The molecule has 0 aliphatic rings. The normalized spacial score (nSPS) is 10.4. The molecule has 0 saturated heterocycles. The van der Waals surface area contributed by atoms with Gasteiger partial charge in [-0.25, -0.2) is 0 Å². The molecule has 0 atom stereocenters. The molecule has 140 valence electrons. The fraction of sp³-hybridized carbons (Fsp3) is 0.250. The van der Waals surface area contributed by atoms with Crippen LogP contribution in [0.15, 0.2) is 53.1 Å². The van der Waals surface area contributed by atoms with Crippen molar-refractivity contribution in [2.75, 3.05) is 13.2 Å². The van der Waals surface area contributed by atoms with E-state index in [1.54, 1.807) is 31.2 Å². The molecule has 0 radical (unpaired) electrons. The molecule has 0 unspecified atom stereocenters. The topological polar surface area (TPSA) is 86.5 Å². The fourth-order valence-electron chi connectivity index (χ4n) is 2.39. The Morgan fingerprint density at radius 2 is 1.89 bits per heavy atom. The Balaban J connectivity index is 1.41. The monoisotopic (exact) mass is 367 g/mol. The number of aryl methyl sites for hydroxylation is 2. The largest absolute Gasteiger partial charge is 0.492 e. The second kappa shape index (κ2) is 8.84. The molecule has 7 heteroatoms. The molecule has 0 aliphatic heterocycles. The molecule has 0 bridgehead atoms. The predicted octanol–water partition coefficient (Wildman–Crippen LogP) is 3.07. The first-order chi connectivity index (χ1) is 13.1. The van der Waals surface area contributed by atoms with Crippen molar-refractivity contribution in [3.8, 4) is 11.5 Å². The average molecular weight is 367 g/mol. The van der Waals surface area contributed by atoms with Gasteiger partial charge in [-0.05, 0) is 48.9 Å². The van der Waals surface area contributed by atoms with Gasteiger partial charge in [0.05, 0.1) is 6.54 Å². The summed E-state index contributed by atoms with van der Waals surface area (Å²) in [7, 11) is 0. The SMILES string of the molecule is Cc1cccc(OCCNC(=O)c2ccc(OCc3noc(C)n3)cc2)c1. The molecule has 27 heavy (non-hydrogen) atoms. The molecule has 1 N–H and O–H groups in total. The van der Waals surface area contributed by atoms with E-state index in [1.807, 2.05) is 31.2 Å². The summed E-state index contributed by atoms with van der Waals surface area (Å²) in [5.74, 6) is 2.22. The molecule has 1 aromatic heterocycles. The first kappa shape index (κ1) is 18.4. The highest BCUT2D eigenvalue weighted by Crippen LogP contribution is 2.14. The number of rotatable bonds is 8. The summed E-state index contributed by atoms with van der Waals surface area (Å²) in [6.45, 7) is 4.75. The Morgan fingerprint density at radius 3 is 2.59 bits per heavy atom. The van der Waals surface area contributed by atoms with Gasteiger partial charge >= 0.3 is 0 Å². The zero-order valence-electron chi connectivity index (χ0n) is 15.3. The third kappa shape index (κ3) is 5.57. The molecule has 2 aromatic carbocycles. The maximum absolute atomic E-state index is 12.2. The third-order valence-electron chi connectivity index (χ3n) is 3.70. The van der Waals surface area contributed by atoms with Gasteiger partial charge in [0, 0.05) is 12.5 Å². The van der Waals surface area contributed by atoms with Gasteiger partial charge in [-0.15, -0.1) is 0 Å². The van der Waals surface area contributed by atoms with Gasteiger partial charge < -0.3 is 19.3 Å². The summed E-state index contributed by atoms with van der Waals surface area (Å²) in [6.07, 6.45) is 0. The average Bonchev–Trinajstić information content (AvgIpc) is 3.09. The van der Waals surface area contributed by atoms with Crippen LogP contribution in [0.25, 0.3) is 0 Å². The molecule has 0 saturated carbocycles. The molecule has 1 heterocycles. The van der Waals surface area contributed by atoms with Crippen LogP contribution in [0.3, 0.4) is 0 Å². The van der Waals surface area contributed by atoms with E-state index in [2.05, 4.69) is 15.5 Å². The molecule has 0 spiro atoms. The molecule has 0 fully saturated rings. The first-order valence-corrected chi connectivity index (χ1v) is 8.60. The van der Waals surface area contributed by atoms with Crippen molar-refractivity contribution in [3.05, 3.63) is 71.4 Å². The Kier molecular flexibility index (Phi) is 6.04. The first-order valence-electron chi connectivity index (χ1n) is 8.60. The van der Waals surface area contributed by atoms with Gasteiger partial charge in [0.2, 0.25) is 11.7 Å². The number of nitrogens with zero attached hydrogens (tertiary/aromatic N) is 2. The predicted molar refractivity (Wildman–Crippen MR) is 98.8 cm³/mol. The summed E-state index contributed by atoms with van der Waals surface area (Å²) in [5, 5.41) is 6.58. The van der Waals surface area contributed by atoms with Crippen LogP contribution in [0.2, 0.25) is 0 Å². The van der Waals surface area contributed by atoms with Gasteiger partial charge in [-0.2, -0.15) is 4.98 Å². The molecule has 1 amide bonds. The lowest BCUT2D eigenvalue weighted by Gasteiger charge is -2.09. The van der Waals surface area contributed by atoms with E-state index in [-0.39, 0.29) is 12.5 Å². The number of amides is 1. The molecular formula is C20H21N3O4. The number of ether oxygens (including phenoxy) is 2. The van der Waals surface area contributed by atoms with Crippen molar-refractivity contribution in [2.45, 2.75) is 20.5 Å². The second-order valence-corrected chi connectivity index (χ2v) is 5.96. The van der Waals surface area contributed by atoms with Gasteiger partial charge in [0.25, 0.3) is 5.91 Å². The van der Waals surface area contributed by atoms with Crippen LogP contribution < -0.4 is 14.8 Å². The van der Waals surface area contributed by atoms with Gasteiger partial charge in [-0.1, -0.05) is 17.3 Å².